The van der Waals surface area contributed by atoms with Gasteiger partial charge in [-0.1, -0.05) is 243 Å². The van der Waals surface area contributed by atoms with Crippen LogP contribution in [0.15, 0.2) is 48.6 Å². The Bertz CT molecular complexity index is 1100. The third kappa shape index (κ3) is 46.4. The molecule has 0 saturated carbocycles. The lowest BCUT2D eigenvalue weighted by Crippen LogP contribution is -2.46. The molecule has 0 aromatic heterocycles. The van der Waals surface area contributed by atoms with Gasteiger partial charge in [-0.25, -0.2) is 0 Å². The van der Waals surface area contributed by atoms with E-state index in [9.17, 15) is 19.8 Å². The number of nitrogens with one attached hydrogen (secondary N) is 1. The highest BCUT2D eigenvalue weighted by Gasteiger charge is 2.24. The van der Waals surface area contributed by atoms with Crippen molar-refractivity contribution in [1.82, 2.24) is 5.32 Å². The predicted molar refractivity (Wildman–Crippen MR) is 278 cm³/mol. The van der Waals surface area contributed by atoms with E-state index in [1.807, 2.05) is 0 Å². The number of hydrogen-bond donors (Lipinski definition) is 3. The molecule has 0 aliphatic heterocycles. The first-order valence-electron chi connectivity index (χ1n) is 27.9. The van der Waals surface area contributed by atoms with Gasteiger partial charge >= 0.3 is 5.97 Å². The maximum atomic E-state index is 13.2. The summed E-state index contributed by atoms with van der Waals surface area (Å²) in [4.78, 5) is 26.2. The van der Waals surface area contributed by atoms with Crippen molar-refractivity contribution in [3.63, 3.8) is 0 Å². The first kappa shape index (κ1) is 61.8. The maximum absolute atomic E-state index is 13.2. The van der Waals surface area contributed by atoms with Crippen LogP contribution in [0.1, 0.15) is 284 Å². The molecule has 0 bridgehead atoms. The number of hydrogen-bond acceptors (Lipinski definition) is 5. The van der Waals surface area contributed by atoms with Crippen LogP contribution in [-0.2, 0) is 14.3 Å². The van der Waals surface area contributed by atoms with Crippen molar-refractivity contribution in [2.24, 2.45) is 0 Å². The number of aliphatic hydroxyl groups excluding tert-OH is 2. The highest BCUT2D eigenvalue weighted by atomic mass is 16.5. The number of amides is 1. The molecule has 0 aromatic carbocycles. The number of unbranched alkanes of at least 4 members (excludes halogenated alkanes) is 32. The first-order chi connectivity index (χ1) is 31.5. The molecule has 0 saturated heterocycles. The van der Waals surface area contributed by atoms with E-state index >= 15 is 0 Å². The summed E-state index contributed by atoms with van der Waals surface area (Å²) in [6, 6.07) is -0.708. The van der Waals surface area contributed by atoms with Gasteiger partial charge in [0.1, 0.15) is 6.10 Å². The second kappa shape index (κ2) is 51.8. The molecule has 0 aliphatic rings. The van der Waals surface area contributed by atoms with E-state index in [1.165, 1.54) is 154 Å². The lowest BCUT2D eigenvalue weighted by Gasteiger charge is -2.24. The number of rotatable bonds is 50. The Morgan fingerprint density at radius 2 is 0.812 bits per heavy atom. The van der Waals surface area contributed by atoms with Crippen LogP contribution >= 0.6 is 0 Å². The molecule has 0 radical (unpaired) electrons. The summed E-state index contributed by atoms with van der Waals surface area (Å²) in [6.07, 6.45) is 63.1. The predicted octanol–water partition coefficient (Wildman–Crippen LogP) is 17.0. The summed E-state index contributed by atoms with van der Waals surface area (Å²) < 4.78 is 5.94. The monoisotopic (exact) mass is 898 g/mol. The summed E-state index contributed by atoms with van der Waals surface area (Å²) in [5.41, 5.74) is 0. The number of allylic oxidation sites excluding steroid dienone is 8. The van der Waals surface area contributed by atoms with E-state index in [0.29, 0.717) is 19.3 Å². The van der Waals surface area contributed by atoms with Gasteiger partial charge in [-0.2, -0.15) is 0 Å². The molecule has 0 aliphatic carbocycles. The van der Waals surface area contributed by atoms with E-state index in [1.54, 1.807) is 0 Å². The average Bonchev–Trinajstić information content (AvgIpc) is 3.29. The summed E-state index contributed by atoms with van der Waals surface area (Å²) in [6.45, 7) is 6.47. The molecule has 1 amide bonds. The summed E-state index contributed by atoms with van der Waals surface area (Å²) in [7, 11) is 0. The Morgan fingerprint density at radius 1 is 0.453 bits per heavy atom. The highest BCUT2D eigenvalue weighted by Crippen LogP contribution is 2.18. The zero-order valence-corrected chi connectivity index (χ0v) is 42.7. The standard InChI is InChI=1S/C58H107NO5/c1-4-7-10-13-16-19-22-25-27-28-29-30-33-36-39-42-45-48-51-58(63)64-54(49-46-43-40-37-34-31-24-21-18-15-12-9-6-3)52-57(62)59-55(53-60)56(61)50-47-44-41-38-35-32-26-23-20-17-14-11-8-5-2/h21-22,24-25,27-30,54-56,60-61H,4-20,23,26,31-53H2,1-3H3,(H,59,62)/b24-21-,25-22+,28-27+,30-29+. The molecule has 0 fully saturated rings. The molecule has 374 valence electrons. The number of ether oxygens (including phenoxy) is 1. The summed E-state index contributed by atoms with van der Waals surface area (Å²) in [5, 5.41) is 23.8. The Morgan fingerprint density at radius 3 is 1.25 bits per heavy atom. The molecular formula is C58H107NO5. The highest BCUT2D eigenvalue weighted by molar-refractivity contribution is 5.77. The molecule has 3 atom stereocenters. The SMILES string of the molecule is CCCCCC/C=C\CCCCCCCC(CC(=O)NC(CO)C(O)CCCCCCCCCCCCCCCC)OC(=O)CCCCCCC/C=C/C=C/C=C/CCCCCCC. The Labute approximate surface area is 397 Å². The van der Waals surface area contributed by atoms with Crippen LogP contribution in [0.5, 0.6) is 0 Å². The van der Waals surface area contributed by atoms with Gasteiger partial charge in [0.15, 0.2) is 0 Å². The molecule has 0 spiro atoms. The molecule has 0 rings (SSSR count). The first-order valence-corrected chi connectivity index (χ1v) is 27.9. The van der Waals surface area contributed by atoms with Crippen LogP contribution in [0.3, 0.4) is 0 Å². The van der Waals surface area contributed by atoms with Crippen molar-refractivity contribution in [1.29, 1.82) is 0 Å². The van der Waals surface area contributed by atoms with Crippen LogP contribution in [-0.4, -0.2) is 46.9 Å². The van der Waals surface area contributed by atoms with Gasteiger partial charge in [0.05, 0.1) is 25.2 Å². The van der Waals surface area contributed by atoms with Gasteiger partial charge in [0, 0.05) is 6.42 Å². The van der Waals surface area contributed by atoms with Crippen molar-refractivity contribution in [3.8, 4) is 0 Å². The van der Waals surface area contributed by atoms with Crippen LogP contribution in [0, 0.1) is 0 Å². The largest absolute Gasteiger partial charge is 0.462 e. The zero-order valence-electron chi connectivity index (χ0n) is 42.7. The van der Waals surface area contributed by atoms with Crippen LogP contribution in [0.2, 0.25) is 0 Å². The van der Waals surface area contributed by atoms with E-state index in [4.69, 9.17) is 4.74 Å². The lowest BCUT2D eigenvalue weighted by molar-refractivity contribution is -0.151. The van der Waals surface area contributed by atoms with E-state index in [-0.39, 0.29) is 24.9 Å². The van der Waals surface area contributed by atoms with Gasteiger partial charge < -0.3 is 20.3 Å². The van der Waals surface area contributed by atoms with Crippen molar-refractivity contribution in [2.75, 3.05) is 6.61 Å². The molecular weight excluding hydrogens is 791 g/mol. The number of aliphatic hydroxyl groups is 2. The Kier molecular flexibility index (Phi) is 50.0. The minimum Gasteiger partial charge on any atom is -0.462 e. The van der Waals surface area contributed by atoms with Crippen LogP contribution < -0.4 is 5.32 Å². The third-order valence-corrected chi connectivity index (χ3v) is 12.7. The van der Waals surface area contributed by atoms with Crippen LogP contribution in [0.25, 0.3) is 0 Å². The summed E-state index contributed by atoms with van der Waals surface area (Å²) >= 11 is 0. The molecule has 0 heterocycles. The average molecular weight is 898 g/mol. The number of carbonyl (C=O) groups excluding carboxylic acids is 2. The minimum atomic E-state index is -0.794. The maximum Gasteiger partial charge on any atom is 0.306 e. The molecule has 64 heavy (non-hydrogen) atoms. The van der Waals surface area contributed by atoms with Crippen molar-refractivity contribution in [3.05, 3.63) is 48.6 Å². The Hall–Kier alpha value is -2.18. The van der Waals surface area contributed by atoms with Gasteiger partial charge in [0.25, 0.3) is 0 Å². The number of carbonyl (C=O) groups is 2. The Balaban J connectivity index is 4.58. The third-order valence-electron chi connectivity index (χ3n) is 12.7. The summed E-state index contributed by atoms with van der Waals surface area (Å²) in [5.74, 6) is -0.497. The van der Waals surface area contributed by atoms with E-state index in [0.717, 1.165) is 83.5 Å². The van der Waals surface area contributed by atoms with Crippen molar-refractivity contribution >= 4 is 11.9 Å². The normalized spacial score (nSPS) is 13.5. The fraction of sp³-hybridized carbons (Fsp3) is 0.828. The van der Waals surface area contributed by atoms with Gasteiger partial charge in [0.2, 0.25) is 5.91 Å². The van der Waals surface area contributed by atoms with Crippen molar-refractivity contribution < 1.29 is 24.5 Å². The van der Waals surface area contributed by atoms with E-state index < -0.39 is 18.2 Å². The molecule has 3 unspecified atom stereocenters. The van der Waals surface area contributed by atoms with Gasteiger partial charge in [-0.05, 0) is 77.0 Å². The van der Waals surface area contributed by atoms with Gasteiger partial charge in [-0.3, -0.25) is 9.59 Å². The van der Waals surface area contributed by atoms with Crippen molar-refractivity contribution in [2.45, 2.75) is 302 Å². The topological polar surface area (TPSA) is 95.9 Å². The second-order valence-electron chi connectivity index (χ2n) is 19.0. The fourth-order valence-corrected chi connectivity index (χ4v) is 8.43. The van der Waals surface area contributed by atoms with Crippen LogP contribution in [0.4, 0.5) is 0 Å². The quantitative estimate of drug-likeness (QED) is 0.0245. The zero-order chi connectivity index (χ0) is 46.7. The molecule has 6 nitrogen and oxygen atoms in total. The van der Waals surface area contributed by atoms with E-state index in [2.05, 4.69) is 74.7 Å². The molecule has 6 heteroatoms. The molecule has 0 aromatic rings. The second-order valence-corrected chi connectivity index (χ2v) is 19.0. The fourth-order valence-electron chi connectivity index (χ4n) is 8.43. The minimum absolute atomic E-state index is 0.0645. The van der Waals surface area contributed by atoms with Gasteiger partial charge in [-0.15, -0.1) is 0 Å². The lowest BCUT2D eigenvalue weighted by atomic mass is 10.0. The molecule has 3 N–H and O–H groups in total. The smallest absolute Gasteiger partial charge is 0.306 e. The number of esters is 1.